The minimum absolute atomic E-state index is 0.0353. The number of aliphatic hydroxyl groups excluding tert-OH is 14. The molecule has 10 aliphatic rings. The van der Waals surface area contributed by atoms with Crippen LogP contribution in [0.4, 0.5) is 0 Å². The molecule has 0 radical (unpaired) electrons. The van der Waals surface area contributed by atoms with Gasteiger partial charge in [0, 0.05) is 0 Å². The molecule has 0 aromatic rings. The maximum atomic E-state index is 15.8. The van der Waals surface area contributed by atoms with E-state index in [-0.39, 0.29) is 35.5 Å². The van der Waals surface area contributed by atoms with Crippen molar-refractivity contribution in [2.24, 2.45) is 50.2 Å². The first kappa shape index (κ1) is 65.7. The Balaban J connectivity index is 0.932. The van der Waals surface area contributed by atoms with Gasteiger partial charge >= 0.3 is 11.9 Å². The Labute approximate surface area is 492 Å². The van der Waals surface area contributed by atoms with Crippen molar-refractivity contribution < 1.29 is 134 Å². The molecule has 0 amide bonds. The summed E-state index contributed by atoms with van der Waals surface area (Å²) >= 11 is 0. The lowest BCUT2D eigenvalue weighted by atomic mass is 9.33. The molecular formula is C58H92O27. The monoisotopic (exact) mass is 1220 g/mol. The van der Waals surface area contributed by atoms with Crippen LogP contribution in [0.1, 0.15) is 113 Å². The summed E-state index contributed by atoms with van der Waals surface area (Å²) in [5.74, 6) is -2.88. The highest BCUT2D eigenvalue weighted by Crippen LogP contribution is 2.76. The van der Waals surface area contributed by atoms with Crippen molar-refractivity contribution >= 4 is 11.9 Å². The molecule has 486 valence electrons. The van der Waals surface area contributed by atoms with Gasteiger partial charge in [0.05, 0.1) is 38.1 Å². The first-order valence-electron chi connectivity index (χ1n) is 30.1. The fourth-order valence-corrected chi connectivity index (χ4v) is 17.5. The third kappa shape index (κ3) is 10.9. The number of aliphatic hydroxyl groups is 14. The van der Waals surface area contributed by atoms with Crippen molar-refractivity contribution in [1.29, 1.82) is 0 Å². The Morgan fingerprint density at radius 3 is 1.84 bits per heavy atom. The topological polar surface area (TPSA) is 430 Å². The third-order valence-corrected chi connectivity index (χ3v) is 22.7. The number of carboxylic acid groups (broad SMARTS) is 1. The maximum absolute atomic E-state index is 15.8. The second-order valence-corrected chi connectivity index (χ2v) is 28.3. The second kappa shape index (κ2) is 23.8. The fraction of sp³-hybridized carbons (Fsp3) is 0.931. The maximum Gasteiger partial charge on any atom is 0.335 e. The van der Waals surface area contributed by atoms with Crippen molar-refractivity contribution in [2.45, 2.75) is 267 Å². The van der Waals surface area contributed by atoms with Crippen LogP contribution in [0.25, 0.3) is 0 Å². The third-order valence-electron chi connectivity index (χ3n) is 22.7. The number of hydrogen-bond donors (Lipinski definition) is 15. The van der Waals surface area contributed by atoms with Gasteiger partial charge in [0.1, 0.15) is 97.0 Å². The standard InChI is InChI=1S/C58H92O27/c1-22-42(81-47-38(69)32(63)25(60)20-76-47)37(68)41(72)48(78-22)84-45-43(82-49-39(70)34(65)33(64)27(19-59)79-49)26(61)21-77-51(45)85-52(75)58-16-15-53(2,3)17-24(58)23-9-10-29-55(6)13-12-31(80-50-40(71)35(66)36(67)44(83-50)46(73)74)54(4,5)28(55)11-14-56(29,7)57(23,8)18-30(58)62/h9,22,24-45,47-51,59-72H,10-21H2,1-8H3,(H,73,74)/t22-,24-,25+,26-,27+,28-,29+,30+,31-,32-,33+,34-,35-,36-,37-,38+,39+,40+,41+,42-,43-,44-,45+,47-,48-,49-,50+,51-,55-,56+,57+,58+/m0/s1. The Morgan fingerprint density at radius 2 is 1.16 bits per heavy atom. The minimum Gasteiger partial charge on any atom is -0.479 e. The Hall–Kier alpha value is -2.24. The van der Waals surface area contributed by atoms with Crippen molar-refractivity contribution in [2.75, 3.05) is 19.8 Å². The summed E-state index contributed by atoms with van der Waals surface area (Å²) in [5.41, 5.74) is -2.92. The van der Waals surface area contributed by atoms with Crippen molar-refractivity contribution in [1.82, 2.24) is 0 Å². The largest absolute Gasteiger partial charge is 0.479 e. The van der Waals surface area contributed by atoms with E-state index in [0.29, 0.717) is 38.5 Å². The zero-order chi connectivity index (χ0) is 62.2. The highest BCUT2D eigenvalue weighted by Gasteiger charge is 2.72. The zero-order valence-corrected chi connectivity index (χ0v) is 49.3. The van der Waals surface area contributed by atoms with E-state index in [2.05, 4.69) is 54.5 Å². The molecule has 85 heavy (non-hydrogen) atoms. The predicted octanol–water partition coefficient (Wildman–Crippen LogP) is -2.84. The van der Waals surface area contributed by atoms with Gasteiger partial charge in [0.15, 0.2) is 37.4 Å². The molecule has 0 aromatic carbocycles. The Bertz CT molecular complexity index is 2430. The van der Waals surface area contributed by atoms with Gasteiger partial charge in [-0.1, -0.05) is 60.1 Å². The number of carbonyl (C=O) groups excluding carboxylic acids is 1. The molecule has 9 fully saturated rings. The van der Waals surface area contributed by atoms with E-state index in [1.165, 1.54) is 6.92 Å². The first-order valence-corrected chi connectivity index (χ1v) is 30.1. The number of ether oxygens (including phenoxy) is 10. The molecule has 0 spiro atoms. The molecule has 4 saturated carbocycles. The molecule has 0 bridgehead atoms. The number of hydrogen-bond acceptors (Lipinski definition) is 26. The van der Waals surface area contributed by atoms with E-state index in [1.54, 1.807) is 0 Å². The smallest absolute Gasteiger partial charge is 0.335 e. The molecule has 0 aromatic heterocycles. The molecule has 32 atom stereocenters. The molecule has 5 saturated heterocycles. The van der Waals surface area contributed by atoms with Crippen LogP contribution in [-0.4, -0.2) is 262 Å². The fourth-order valence-electron chi connectivity index (χ4n) is 17.5. The molecule has 27 heteroatoms. The summed E-state index contributed by atoms with van der Waals surface area (Å²) < 4.78 is 60.0. The number of fused-ring (bicyclic) bond motifs is 7. The summed E-state index contributed by atoms with van der Waals surface area (Å²) in [7, 11) is 0. The van der Waals surface area contributed by atoms with Crippen LogP contribution in [0.2, 0.25) is 0 Å². The lowest BCUT2D eigenvalue weighted by molar-refractivity contribution is -0.385. The van der Waals surface area contributed by atoms with E-state index in [4.69, 9.17) is 47.4 Å². The van der Waals surface area contributed by atoms with Crippen LogP contribution in [-0.2, 0) is 57.0 Å². The van der Waals surface area contributed by atoms with Gasteiger partial charge in [-0.05, 0) is 110 Å². The van der Waals surface area contributed by atoms with Crippen molar-refractivity contribution in [3.8, 4) is 0 Å². The number of allylic oxidation sites excluding steroid dienone is 2. The van der Waals surface area contributed by atoms with Crippen LogP contribution >= 0.6 is 0 Å². The van der Waals surface area contributed by atoms with Crippen molar-refractivity contribution in [3.05, 3.63) is 11.6 Å². The van der Waals surface area contributed by atoms with Gasteiger partial charge < -0.3 is 124 Å². The summed E-state index contributed by atoms with van der Waals surface area (Å²) in [6, 6.07) is 0. The molecule has 15 N–H and O–H groups in total. The van der Waals surface area contributed by atoms with Gasteiger partial charge in [-0.15, -0.1) is 0 Å². The normalized spacial score (nSPS) is 54.1. The number of carboxylic acids is 1. The van der Waals surface area contributed by atoms with Crippen LogP contribution < -0.4 is 0 Å². The van der Waals surface area contributed by atoms with Gasteiger partial charge in [-0.3, -0.25) is 4.79 Å². The summed E-state index contributed by atoms with van der Waals surface area (Å²) in [6.45, 7) is 14.7. The van der Waals surface area contributed by atoms with Crippen LogP contribution in [0, 0.1) is 50.2 Å². The lowest BCUT2D eigenvalue weighted by Crippen LogP contribution is -2.68. The number of esters is 1. The molecule has 5 aliphatic heterocycles. The summed E-state index contributed by atoms with van der Waals surface area (Å²) in [4.78, 5) is 27.8. The van der Waals surface area contributed by atoms with Crippen LogP contribution in [0.15, 0.2) is 11.6 Å². The molecule has 5 aliphatic carbocycles. The average molecular weight is 1220 g/mol. The van der Waals surface area contributed by atoms with Crippen LogP contribution in [0.5, 0.6) is 0 Å². The predicted molar refractivity (Wildman–Crippen MR) is 284 cm³/mol. The summed E-state index contributed by atoms with van der Waals surface area (Å²) in [6.07, 6.45) is -35.0. The molecule has 0 unspecified atom stereocenters. The average Bonchev–Trinajstić information content (AvgIpc) is 0.735. The molecule has 10 rings (SSSR count). The Kier molecular flexibility index (Phi) is 18.4. The minimum atomic E-state index is -2.03. The van der Waals surface area contributed by atoms with Gasteiger partial charge in [-0.2, -0.15) is 0 Å². The van der Waals surface area contributed by atoms with E-state index in [9.17, 15) is 81.4 Å². The molecule has 27 nitrogen and oxygen atoms in total. The van der Waals surface area contributed by atoms with Gasteiger partial charge in [0.2, 0.25) is 6.29 Å². The summed E-state index contributed by atoms with van der Waals surface area (Å²) in [5, 5.41) is 163. The van der Waals surface area contributed by atoms with Crippen molar-refractivity contribution in [3.63, 3.8) is 0 Å². The zero-order valence-electron chi connectivity index (χ0n) is 49.3. The van der Waals surface area contributed by atoms with E-state index in [1.807, 2.05) is 0 Å². The van der Waals surface area contributed by atoms with Gasteiger partial charge in [-0.25, -0.2) is 4.79 Å². The van der Waals surface area contributed by atoms with Gasteiger partial charge in [0.25, 0.3) is 0 Å². The lowest BCUT2D eigenvalue weighted by Gasteiger charge is -2.71. The quantitative estimate of drug-likeness (QED) is 0.0532. The Morgan fingerprint density at radius 1 is 0.576 bits per heavy atom. The van der Waals surface area contributed by atoms with Crippen LogP contribution in [0.3, 0.4) is 0 Å². The first-order chi connectivity index (χ1) is 39.7. The molecular weight excluding hydrogens is 1130 g/mol. The molecule has 5 heterocycles. The van der Waals surface area contributed by atoms with E-state index >= 15 is 4.79 Å². The number of rotatable bonds is 12. The SMILES string of the molecule is C[C@@H]1O[C@@H](O[C@H]2[C@H](OC(=O)[C@]34CCC(C)(C)C[C@H]3C3=CC[C@@H]5[C@@]6(C)CC[C@H](O[C@@H]7O[C@H](C(=O)O)[C@@H](O)[C@H](O)[C@H]7O)C(C)(C)[C@@H]6CC[C@@]5(C)[C@]3(C)C[C@H]4O)OC[C@H](O)[C@@H]2O[C@@H]2O[C@H](CO)[C@@H](O)[C@H](O)[C@H]2O)[C@H](O)[C@H](O)[C@H]1O[C@@H]1OC[C@@H](O)[C@H](O)[C@H]1O. The number of aliphatic carboxylic acids is 1. The number of carbonyl (C=O) groups is 2. The highest BCUT2D eigenvalue weighted by atomic mass is 16.8. The van der Waals surface area contributed by atoms with E-state index < -0.39 is 213 Å². The second-order valence-electron chi connectivity index (χ2n) is 28.3. The highest BCUT2D eigenvalue weighted by molar-refractivity contribution is 5.80. The van der Waals surface area contributed by atoms with E-state index in [0.717, 1.165) is 12.0 Å².